The van der Waals surface area contributed by atoms with E-state index in [-0.39, 0.29) is 12.5 Å². The third-order valence-corrected chi connectivity index (χ3v) is 2.85. The maximum Gasteiger partial charge on any atom is 0.245 e. The van der Waals surface area contributed by atoms with Gasteiger partial charge in [-0.1, -0.05) is 12.1 Å². The fourth-order valence-electron chi connectivity index (χ4n) is 1.53. The molecule has 0 bridgehead atoms. The first-order valence-corrected chi connectivity index (χ1v) is 7.62. The minimum absolute atomic E-state index is 0.0374. The van der Waals surface area contributed by atoms with Crippen LogP contribution in [0.1, 0.15) is 5.56 Å². The minimum atomic E-state index is -3.27. The molecule has 0 radical (unpaired) electrons. The lowest BCUT2D eigenvalue weighted by Gasteiger charge is -2.07. The van der Waals surface area contributed by atoms with Gasteiger partial charge in [-0.25, -0.2) is 8.42 Å². The van der Waals surface area contributed by atoms with Gasteiger partial charge < -0.3 is 10.1 Å². The molecule has 0 heterocycles. The molecule has 0 saturated carbocycles. The van der Waals surface area contributed by atoms with Crippen molar-refractivity contribution in [2.24, 2.45) is 0 Å². The van der Waals surface area contributed by atoms with Crippen LogP contribution in [0.4, 0.5) is 5.69 Å². The lowest BCUT2D eigenvalue weighted by atomic mass is 10.1. The first-order valence-electron chi connectivity index (χ1n) is 5.73. The molecule has 0 saturated heterocycles. The Morgan fingerprint density at radius 1 is 1.37 bits per heavy atom. The largest absolute Gasteiger partial charge is 0.375 e. The Kier molecular flexibility index (Phi) is 5.78. The number of ether oxygens (including phenoxy) is 1. The molecule has 0 aliphatic rings. The van der Waals surface area contributed by atoms with Crippen LogP contribution in [0.3, 0.4) is 0 Å². The standard InChI is InChI=1S/C12H18N2O4S/c1-18-9-12(15)13-7-6-10-4-3-5-11(8-10)14-19(2,16)17/h3-5,8,14H,6-7,9H2,1-2H3,(H,13,15). The lowest BCUT2D eigenvalue weighted by Crippen LogP contribution is -2.28. The summed E-state index contributed by atoms with van der Waals surface area (Å²) in [4.78, 5) is 11.2. The highest BCUT2D eigenvalue weighted by atomic mass is 32.2. The highest BCUT2D eigenvalue weighted by Crippen LogP contribution is 2.12. The van der Waals surface area contributed by atoms with Crippen LogP contribution < -0.4 is 10.0 Å². The molecule has 0 aliphatic heterocycles. The molecule has 0 aliphatic carbocycles. The zero-order valence-electron chi connectivity index (χ0n) is 11.0. The van der Waals surface area contributed by atoms with Crippen LogP contribution in [0.5, 0.6) is 0 Å². The molecule has 1 aromatic rings. The summed E-state index contributed by atoms with van der Waals surface area (Å²) >= 11 is 0. The highest BCUT2D eigenvalue weighted by molar-refractivity contribution is 7.92. The fraction of sp³-hybridized carbons (Fsp3) is 0.417. The van der Waals surface area contributed by atoms with E-state index in [1.807, 2.05) is 6.07 Å². The lowest BCUT2D eigenvalue weighted by molar-refractivity contribution is -0.124. The second kappa shape index (κ2) is 7.10. The number of amides is 1. The van der Waals surface area contributed by atoms with Crippen molar-refractivity contribution in [1.82, 2.24) is 5.32 Å². The molecule has 2 N–H and O–H groups in total. The topological polar surface area (TPSA) is 84.5 Å². The van der Waals surface area contributed by atoms with Gasteiger partial charge in [-0.3, -0.25) is 9.52 Å². The van der Waals surface area contributed by atoms with E-state index in [0.29, 0.717) is 18.7 Å². The summed E-state index contributed by atoms with van der Waals surface area (Å²) in [7, 11) is -1.81. The predicted molar refractivity (Wildman–Crippen MR) is 73.5 cm³/mol. The minimum Gasteiger partial charge on any atom is -0.375 e. The number of hydrogen-bond donors (Lipinski definition) is 2. The van der Waals surface area contributed by atoms with Crippen molar-refractivity contribution < 1.29 is 17.9 Å². The van der Waals surface area contributed by atoms with Gasteiger partial charge in [0.2, 0.25) is 15.9 Å². The van der Waals surface area contributed by atoms with E-state index in [1.54, 1.807) is 18.2 Å². The average Bonchev–Trinajstić information content (AvgIpc) is 2.27. The zero-order valence-corrected chi connectivity index (χ0v) is 11.8. The molecule has 7 heteroatoms. The fourth-order valence-corrected chi connectivity index (χ4v) is 2.09. The van der Waals surface area contributed by atoms with E-state index in [9.17, 15) is 13.2 Å². The van der Waals surface area contributed by atoms with E-state index in [0.717, 1.165) is 11.8 Å². The molecule has 1 amide bonds. The van der Waals surface area contributed by atoms with Crippen LogP contribution in [0, 0.1) is 0 Å². The Morgan fingerprint density at radius 2 is 2.11 bits per heavy atom. The smallest absolute Gasteiger partial charge is 0.245 e. The number of sulfonamides is 1. The molecule has 0 unspecified atom stereocenters. The van der Waals surface area contributed by atoms with Crippen LogP contribution in [0.2, 0.25) is 0 Å². The van der Waals surface area contributed by atoms with E-state index >= 15 is 0 Å². The van der Waals surface area contributed by atoms with Gasteiger partial charge in [-0.15, -0.1) is 0 Å². The van der Waals surface area contributed by atoms with Crippen molar-refractivity contribution in [2.45, 2.75) is 6.42 Å². The van der Waals surface area contributed by atoms with Crippen molar-refractivity contribution in [2.75, 3.05) is 31.2 Å². The van der Waals surface area contributed by atoms with Crippen LogP contribution >= 0.6 is 0 Å². The number of rotatable bonds is 7. The SMILES string of the molecule is COCC(=O)NCCc1cccc(NS(C)(=O)=O)c1. The summed E-state index contributed by atoms with van der Waals surface area (Å²) in [6.45, 7) is 0.514. The molecule has 106 valence electrons. The van der Waals surface area contributed by atoms with Gasteiger partial charge in [-0.05, 0) is 24.1 Å². The number of anilines is 1. The van der Waals surface area contributed by atoms with Crippen molar-refractivity contribution >= 4 is 21.6 Å². The van der Waals surface area contributed by atoms with Crippen LogP contribution in [0.25, 0.3) is 0 Å². The summed E-state index contributed by atoms with van der Waals surface area (Å²) in [6, 6.07) is 7.05. The number of carbonyl (C=O) groups is 1. The monoisotopic (exact) mass is 286 g/mol. The molecule has 0 atom stereocenters. The summed E-state index contributed by atoms with van der Waals surface area (Å²) < 4.78 is 29.3. The third kappa shape index (κ3) is 6.78. The van der Waals surface area contributed by atoms with Crippen LogP contribution in [-0.2, 0) is 26.0 Å². The summed E-state index contributed by atoms with van der Waals surface area (Å²) in [5.74, 6) is -0.173. The number of nitrogens with one attached hydrogen (secondary N) is 2. The van der Waals surface area contributed by atoms with E-state index in [4.69, 9.17) is 4.74 Å². The third-order valence-electron chi connectivity index (χ3n) is 2.24. The second-order valence-electron chi connectivity index (χ2n) is 4.11. The van der Waals surface area contributed by atoms with Crippen LogP contribution in [-0.4, -0.2) is 40.8 Å². The molecule has 0 spiro atoms. The number of carbonyl (C=O) groups excluding carboxylic acids is 1. The molecule has 0 fully saturated rings. The molecule has 0 aromatic heterocycles. The maximum absolute atomic E-state index is 11.2. The van der Waals surface area contributed by atoms with E-state index in [2.05, 4.69) is 10.0 Å². The average molecular weight is 286 g/mol. The van der Waals surface area contributed by atoms with Gasteiger partial charge in [0.25, 0.3) is 0 Å². The second-order valence-corrected chi connectivity index (χ2v) is 5.86. The number of hydrogen-bond acceptors (Lipinski definition) is 4. The van der Waals surface area contributed by atoms with E-state index in [1.165, 1.54) is 7.11 Å². The summed E-state index contributed by atoms with van der Waals surface area (Å²) in [5, 5.41) is 2.70. The van der Waals surface area contributed by atoms with E-state index < -0.39 is 10.0 Å². The van der Waals surface area contributed by atoms with Gasteiger partial charge in [0.05, 0.1) is 6.26 Å². The predicted octanol–water partition coefficient (Wildman–Crippen LogP) is 0.363. The summed E-state index contributed by atoms with van der Waals surface area (Å²) in [6.07, 6.45) is 1.72. The number of methoxy groups -OCH3 is 1. The van der Waals surface area contributed by atoms with Crippen LogP contribution in [0.15, 0.2) is 24.3 Å². The Bertz CT molecular complexity index is 528. The zero-order chi connectivity index (χ0) is 14.3. The first kappa shape index (κ1) is 15.5. The highest BCUT2D eigenvalue weighted by Gasteiger charge is 2.03. The van der Waals surface area contributed by atoms with Gasteiger partial charge in [0.15, 0.2) is 0 Å². The Labute approximate surface area is 113 Å². The van der Waals surface area contributed by atoms with Gasteiger partial charge in [0, 0.05) is 19.3 Å². The Morgan fingerprint density at radius 3 is 2.74 bits per heavy atom. The van der Waals surface area contributed by atoms with Gasteiger partial charge in [0.1, 0.15) is 6.61 Å². The van der Waals surface area contributed by atoms with Crippen molar-refractivity contribution in [3.8, 4) is 0 Å². The molecule has 1 rings (SSSR count). The molecule has 1 aromatic carbocycles. The van der Waals surface area contributed by atoms with Gasteiger partial charge >= 0.3 is 0 Å². The molecular weight excluding hydrogens is 268 g/mol. The quantitative estimate of drug-likeness (QED) is 0.758. The summed E-state index contributed by atoms with van der Waals surface area (Å²) in [5.41, 5.74) is 1.45. The molecule has 6 nitrogen and oxygen atoms in total. The van der Waals surface area contributed by atoms with Crippen molar-refractivity contribution in [1.29, 1.82) is 0 Å². The molecular formula is C12H18N2O4S. The maximum atomic E-state index is 11.2. The Balaban J connectivity index is 2.51. The number of benzene rings is 1. The Hall–Kier alpha value is -1.60. The first-order chi connectivity index (χ1) is 8.90. The van der Waals surface area contributed by atoms with Crippen molar-refractivity contribution in [3.63, 3.8) is 0 Å². The normalized spacial score (nSPS) is 11.1. The van der Waals surface area contributed by atoms with Crippen molar-refractivity contribution in [3.05, 3.63) is 29.8 Å². The van der Waals surface area contributed by atoms with Gasteiger partial charge in [-0.2, -0.15) is 0 Å². The molecule has 19 heavy (non-hydrogen) atoms.